The average molecular weight is 473 g/mol. The van der Waals surface area contributed by atoms with Gasteiger partial charge in [0.2, 0.25) is 15.8 Å². The Morgan fingerprint density at radius 1 is 1.13 bits per heavy atom. The number of hydrogen-bond acceptors (Lipinski definition) is 8. The minimum absolute atomic E-state index is 0.0229. The van der Waals surface area contributed by atoms with Crippen molar-refractivity contribution in [3.63, 3.8) is 0 Å². The Bertz CT molecular complexity index is 1540. The lowest BCUT2D eigenvalue weighted by Crippen LogP contribution is -2.09. The number of rotatable bonds is 4. The fourth-order valence-electron chi connectivity index (χ4n) is 3.06. The van der Waals surface area contributed by atoms with Gasteiger partial charge in [-0.25, -0.2) is 23.1 Å². The van der Waals surface area contributed by atoms with Gasteiger partial charge >= 0.3 is 0 Å². The second kappa shape index (κ2) is 7.24. The molecule has 9 nitrogen and oxygen atoms in total. The van der Waals surface area contributed by atoms with E-state index in [4.69, 9.17) is 26.2 Å². The molecule has 156 valence electrons. The highest BCUT2D eigenvalue weighted by atomic mass is 35.5. The zero-order valence-electron chi connectivity index (χ0n) is 15.9. The first-order valence-corrected chi connectivity index (χ1v) is 11.6. The molecule has 0 fully saturated rings. The summed E-state index contributed by atoms with van der Waals surface area (Å²) in [5.74, 6) is 0.468. The van der Waals surface area contributed by atoms with Crippen molar-refractivity contribution in [2.75, 3.05) is 0 Å². The van der Waals surface area contributed by atoms with E-state index in [1.807, 2.05) is 25.1 Å². The Morgan fingerprint density at radius 2 is 1.90 bits per heavy atom. The molecule has 0 amide bonds. The van der Waals surface area contributed by atoms with E-state index in [1.54, 1.807) is 28.9 Å². The van der Waals surface area contributed by atoms with Gasteiger partial charge in [0, 0.05) is 16.3 Å². The summed E-state index contributed by atoms with van der Waals surface area (Å²) in [6, 6.07) is 12.3. The van der Waals surface area contributed by atoms with Crippen LogP contribution in [0.5, 0.6) is 0 Å². The topological polar surface area (TPSA) is 129 Å². The number of primary sulfonamides is 1. The molecule has 31 heavy (non-hydrogen) atoms. The monoisotopic (exact) mass is 472 g/mol. The van der Waals surface area contributed by atoms with Gasteiger partial charge in [0.05, 0.1) is 16.8 Å². The summed E-state index contributed by atoms with van der Waals surface area (Å²) in [6.07, 6.45) is 1.60. The molecule has 0 aliphatic rings. The Labute approximate surface area is 185 Å². The van der Waals surface area contributed by atoms with Crippen molar-refractivity contribution >= 4 is 38.6 Å². The van der Waals surface area contributed by atoms with Crippen LogP contribution in [-0.4, -0.2) is 33.2 Å². The first kappa shape index (κ1) is 19.8. The third-order valence-electron chi connectivity index (χ3n) is 4.53. The van der Waals surface area contributed by atoms with Crippen LogP contribution in [0.1, 0.15) is 5.69 Å². The second-order valence-corrected chi connectivity index (χ2v) is 9.98. The molecule has 4 heterocycles. The van der Waals surface area contributed by atoms with E-state index in [1.165, 1.54) is 6.07 Å². The Morgan fingerprint density at radius 3 is 2.61 bits per heavy atom. The first-order chi connectivity index (χ1) is 14.8. The number of nitrogens with zero attached hydrogens (tertiary/aromatic N) is 5. The summed E-state index contributed by atoms with van der Waals surface area (Å²) in [5, 5.41) is 14.2. The normalized spacial score (nSPS) is 12.0. The molecule has 5 aromatic rings. The number of hydrogen-bond donors (Lipinski definition) is 1. The molecule has 0 atom stereocenters. The highest BCUT2D eigenvalue weighted by Crippen LogP contribution is 2.31. The second-order valence-electron chi connectivity index (χ2n) is 6.67. The number of benzene rings is 1. The van der Waals surface area contributed by atoms with Crippen LogP contribution in [0.15, 0.2) is 57.4 Å². The quantitative estimate of drug-likeness (QED) is 0.421. The Hall–Kier alpha value is -3.12. The number of nitrogens with two attached hydrogens (primary N) is 1. The van der Waals surface area contributed by atoms with Crippen LogP contribution >= 0.6 is 22.9 Å². The molecule has 0 spiro atoms. The summed E-state index contributed by atoms with van der Waals surface area (Å²) in [4.78, 5) is 9.64. The maximum absolute atomic E-state index is 11.5. The van der Waals surface area contributed by atoms with Crippen molar-refractivity contribution in [1.29, 1.82) is 0 Å². The number of sulfonamides is 1. The van der Waals surface area contributed by atoms with E-state index < -0.39 is 10.0 Å². The van der Waals surface area contributed by atoms with Crippen LogP contribution in [0.3, 0.4) is 0 Å². The molecule has 4 aromatic heterocycles. The average Bonchev–Trinajstić information content (AvgIpc) is 3.46. The largest absolute Gasteiger partial charge is 0.333 e. The minimum atomic E-state index is -3.79. The summed E-state index contributed by atoms with van der Waals surface area (Å²) < 4.78 is 30.2. The van der Waals surface area contributed by atoms with Crippen molar-refractivity contribution in [2.45, 2.75) is 11.1 Å². The van der Waals surface area contributed by atoms with Crippen molar-refractivity contribution in [3.8, 4) is 33.4 Å². The highest BCUT2D eigenvalue weighted by Gasteiger charge is 2.20. The van der Waals surface area contributed by atoms with Crippen molar-refractivity contribution < 1.29 is 12.9 Å². The van der Waals surface area contributed by atoms with Crippen molar-refractivity contribution in [3.05, 3.63) is 59.4 Å². The number of halogens is 1. The van der Waals surface area contributed by atoms with Crippen LogP contribution in [0.4, 0.5) is 0 Å². The summed E-state index contributed by atoms with van der Waals surface area (Å²) in [6.45, 7) is 1.92. The third-order valence-corrected chi connectivity index (χ3v) is 7.30. The van der Waals surface area contributed by atoms with Crippen LogP contribution in [0.25, 0.3) is 39.1 Å². The van der Waals surface area contributed by atoms with Crippen LogP contribution in [0.2, 0.25) is 5.02 Å². The van der Waals surface area contributed by atoms with Gasteiger partial charge in [-0.2, -0.15) is 10.1 Å². The molecule has 0 saturated carbocycles. The molecule has 12 heteroatoms. The maximum atomic E-state index is 11.5. The van der Waals surface area contributed by atoms with Gasteiger partial charge < -0.3 is 4.52 Å². The van der Waals surface area contributed by atoms with E-state index in [2.05, 4.69) is 15.2 Å². The number of fused-ring (bicyclic) bond motifs is 1. The van der Waals surface area contributed by atoms with Gasteiger partial charge in [0.25, 0.3) is 5.89 Å². The van der Waals surface area contributed by atoms with E-state index in [0.717, 1.165) is 28.3 Å². The molecular weight excluding hydrogens is 460 g/mol. The van der Waals surface area contributed by atoms with Crippen LogP contribution in [0, 0.1) is 6.92 Å². The molecule has 0 aliphatic heterocycles. The van der Waals surface area contributed by atoms with Crippen LogP contribution in [-0.2, 0) is 10.0 Å². The molecule has 1 aromatic carbocycles. The lowest BCUT2D eigenvalue weighted by molar-refractivity contribution is 0.433. The van der Waals surface area contributed by atoms with Gasteiger partial charge in [-0.3, -0.25) is 0 Å². The summed E-state index contributed by atoms with van der Waals surface area (Å²) in [5.41, 5.74) is 3.64. The first-order valence-electron chi connectivity index (χ1n) is 8.88. The fraction of sp³-hybridized carbons (Fsp3) is 0.0526. The Balaban J connectivity index is 1.58. The molecule has 0 radical (unpaired) electrons. The predicted molar refractivity (Wildman–Crippen MR) is 116 cm³/mol. The molecule has 0 unspecified atom stereocenters. The minimum Gasteiger partial charge on any atom is -0.333 e. The number of aryl methyl sites for hydroxylation is 1. The molecule has 0 aliphatic carbocycles. The Kier molecular flexibility index (Phi) is 4.63. The van der Waals surface area contributed by atoms with E-state index in [9.17, 15) is 8.42 Å². The van der Waals surface area contributed by atoms with Gasteiger partial charge in [-0.15, -0.1) is 11.3 Å². The van der Waals surface area contributed by atoms with E-state index in [0.29, 0.717) is 21.1 Å². The van der Waals surface area contributed by atoms with Gasteiger partial charge in [-0.1, -0.05) is 28.9 Å². The SMILES string of the molecule is Cc1cc(-c2ccc(Cl)cc2)nc2c(-c3nc(-c4ccc(S(N)(=O)=O)s4)no3)cnn12. The molecule has 0 saturated heterocycles. The van der Waals surface area contributed by atoms with Crippen molar-refractivity contribution in [2.24, 2.45) is 5.14 Å². The van der Waals surface area contributed by atoms with E-state index in [-0.39, 0.29) is 15.9 Å². The molecular formula is C19H13ClN6O3S2. The zero-order chi connectivity index (χ0) is 21.8. The number of aromatic nitrogens is 5. The van der Waals surface area contributed by atoms with Crippen LogP contribution < -0.4 is 5.14 Å². The highest BCUT2D eigenvalue weighted by molar-refractivity contribution is 7.91. The predicted octanol–water partition coefficient (Wildman–Crippen LogP) is 3.78. The fourth-order valence-corrected chi connectivity index (χ4v) is 4.84. The summed E-state index contributed by atoms with van der Waals surface area (Å²) >= 11 is 6.96. The lowest BCUT2D eigenvalue weighted by Gasteiger charge is -2.05. The van der Waals surface area contributed by atoms with Gasteiger partial charge in [0.1, 0.15) is 9.77 Å². The maximum Gasteiger partial charge on any atom is 0.263 e. The third kappa shape index (κ3) is 3.61. The van der Waals surface area contributed by atoms with E-state index >= 15 is 0 Å². The van der Waals surface area contributed by atoms with Crippen molar-refractivity contribution in [1.82, 2.24) is 24.7 Å². The molecule has 0 bridgehead atoms. The number of thiophene rings is 1. The zero-order valence-corrected chi connectivity index (χ0v) is 18.2. The van der Waals surface area contributed by atoms with Gasteiger partial charge in [-0.05, 0) is 37.3 Å². The van der Waals surface area contributed by atoms with Gasteiger partial charge in [0.15, 0.2) is 5.65 Å². The molecule has 2 N–H and O–H groups in total. The lowest BCUT2D eigenvalue weighted by atomic mass is 10.1. The summed E-state index contributed by atoms with van der Waals surface area (Å²) in [7, 11) is -3.79. The smallest absolute Gasteiger partial charge is 0.263 e. The standard InChI is InChI=1S/C19H13ClN6O3S2/c1-10-8-14(11-2-4-12(20)5-3-11)23-18-13(9-22-26(10)18)19-24-17(25-29-19)15-6-7-16(30-15)31(21,27)28/h2-9H,1H3,(H2,21,27,28). The molecule has 5 rings (SSSR count).